The highest BCUT2D eigenvalue weighted by atomic mass is 32.1. The number of carbonyl (C=O) groups is 1. The number of amides is 1. The Bertz CT molecular complexity index is 733. The van der Waals surface area contributed by atoms with Crippen molar-refractivity contribution in [3.8, 4) is 10.8 Å². The van der Waals surface area contributed by atoms with Crippen LogP contribution < -0.4 is 5.32 Å². The predicted molar refractivity (Wildman–Crippen MR) is 81.1 cm³/mol. The molecule has 0 saturated carbocycles. The molecular weight excluding hydrogens is 286 g/mol. The number of carbonyl (C=O) groups excluding carboxylic acids is 1. The van der Waals surface area contributed by atoms with Crippen molar-refractivity contribution in [2.24, 2.45) is 0 Å². The van der Waals surface area contributed by atoms with Gasteiger partial charge in [-0.05, 0) is 23.9 Å². The van der Waals surface area contributed by atoms with Gasteiger partial charge in [0.05, 0.1) is 11.3 Å². The van der Waals surface area contributed by atoms with Crippen molar-refractivity contribution in [1.82, 2.24) is 10.2 Å². The lowest BCUT2D eigenvalue weighted by atomic mass is 10.1. The molecule has 21 heavy (non-hydrogen) atoms. The highest BCUT2D eigenvalue weighted by Crippen LogP contribution is 2.24. The van der Waals surface area contributed by atoms with E-state index in [0.29, 0.717) is 5.89 Å². The molecule has 0 spiro atoms. The van der Waals surface area contributed by atoms with Crippen LogP contribution in [0, 0.1) is 6.92 Å². The van der Waals surface area contributed by atoms with Gasteiger partial charge in [0.25, 0.3) is 5.89 Å². The van der Waals surface area contributed by atoms with Gasteiger partial charge < -0.3 is 4.42 Å². The lowest BCUT2D eigenvalue weighted by Gasteiger charge is -2.01. The number of nitrogens with one attached hydrogen (secondary N) is 1. The van der Waals surface area contributed by atoms with Gasteiger partial charge in [-0.15, -0.1) is 16.4 Å². The van der Waals surface area contributed by atoms with E-state index < -0.39 is 0 Å². The van der Waals surface area contributed by atoms with Crippen LogP contribution in [0.4, 0.5) is 6.01 Å². The third-order valence-electron chi connectivity index (χ3n) is 2.89. The summed E-state index contributed by atoms with van der Waals surface area (Å²) in [6, 6.07) is 11.7. The number of aromatic nitrogens is 2. The van der Waals surface area contributed by atoms with Crippen LogP contribution in [0.1, 0.15) is 11.1 Å². The molecule has 0 aliphatic carbocycles. The van der Waals surface area contributed by atoms with Gasteiger partial charge in [0.2, 0.25) is 5.91 Å². The van der Waals surface area contributed by atoms with E-state index >= 15 is 0 Å². The Hall–Kier alpha value is -2.47. The first kappa shape index (κ1) is 13.5. The van der Waals surface area contributed by atoms with E-state index in [9.17, 15) is 4.79 Å². The van der Waals surface area contributed by atoms with Crippen LogP contribution in [0.2, 0.25) is 0 Å². The SMILES string of the molecule is Cc1ccc(CC(=O)Nc2nnc(-c3cccs3)o2)cc1. The summed E-state index contributed by atoms with van der Waals surface area (Å²) in [5.74, 6) is 0.232. The van der Waals surface area contributed by atoms with E-state index in [-0.39, 0.29) is 18.3 Å². The number of aryl methyl sites for hydroxylation is 1. The summed E-state index contributed by atoms with van der Waals surface area (Å²) in [4.78, 5) is 12.8. The van der Waals surface area contributed by atoms with Crippen molar-refractivity contribution in [2.75, 3.05) is 5.32 Å². The van der Waals surface area contributed by atoms with Crippen molar-refractivity contribution in [3.05, 3.63) is 52.9 Å². The Morgan fingerprint density at radius 1 is 1.24 bits per heavy atom. The first-order valence-corrected chi connectivity index (χ1v) is 7.31. The van der Waals surface area contributed by atoms with Crippen LogP contribution in [-0.4, -0.2) is 16.1 Å². The predicted octanol–water partition coefficient (Wildman–Crippen LogP) is 3.29. The molecule has 0 bridgehead atoms. The molecule has 2 aromatic heterocycles. The number of hydrogen-bond acceptors (Lipinski definition) is 5. The minimum atomic E-state index is -0.180. The van der Waals surface area contributed by atoms with Crippen LogP contribution in [0.25, 0.3) is 10.8 Å². The van der Waals surface area contributed by atoms with Gasteiger partial charge in [-0.1, -0.05) is 41.0 Å². The summed E-state index contributed by atoms with van der Waals surface area (Å²) >= 11 is 1.50. The molecule has 5 nitrogen and oxygen atoms in total. The standard InChI is InChI=1S/C15H13N3O2S/c1-10-4-6-11(7-5-10)9-13(19)16-15-18-17-14(20-15)12-3-2-8-21-12/h2-8H,9H2,1H3,(H,16,18,19). The second-order valence-corrected chi connectivity index (χ2v) is 5.55. The number of benzene rings is 1. The molecule has 0 unspecified atom stereocenters. The van der Waals surface area contributed by atoms with Crippen molar-refractivity contribution in [2.45, 2.75) is 13.3 Å². The third-order valence-corrected chi connectivity index (χ3v) is 3.75. The average molecular weight is 299 g/mol. The summed E-state index contributed by atoms with van der Waals surface area (Å²) in [6.07, 6.45) is 0.275. The molecule has 6 heteroatoms. The fourth-order valence-electron chi connectivity index (χ4n) is 1.83. The average Bonchev–Trinajstić information content (AvgIpc) is 3.12. The minimum Gasteiger partial charge on any atom is -0.402 e. The molecule has 1 N–H and O–H groups in total. The molecule has 0 aliphatic rings. The minimum absolute atomic E-state index is 0.121. The Kier molecular flexibility index (Phi) is 3.79. The summed E-state index contributed by atoms with van der Waals surface area (Å²) in [5.41, 5.74) is 2.10. The maximum Gasteiger partial charge on any atom is 0.322 e. The fourth-order valence-corrected chi connectivity index (χ4v) is 2.47. The van der Waals surface area contributed by atoms with E-state index in [1.54, 1.807) is 0 Å². The first-order valence-electron chi connectivity index (χ1n) is 6.43. The van der Waals surface area contributed by atoms with Gasteiger partial charge in [-0.25, -0.2) is 0 Å². The number of nitrogens with zero attached hydrogens (tertiary/aromatic N) is 2. The monoisotopic (exact) mass is 299 g/mol. The number of rotatable bonds is 4. The van der Waals surface area contributed by atoms with Crippen molar-refractivity contribution >= 4 is 23.3 Å². The second-order valence-electron chi connectivity index (χ2n) is 4.60. The van der Waals surface area contributed by atoms with Crippen molar-refractivity contribution in [1.29, 1.82) is 0 Å². The zero-order valence-electron chi connectivity index (χ0n) is 11.4. The topological polar surface area (TPSA) is 68.0 Å². The van der Waals surface area contributed by atoms with Gasteiger partial charge in [-0.2, -0.15) is 0 Å². The van der Waals surface area contributed by atoms with E-state index in [2.05, 4.69) is 15.5 Å². The molecule has 0 saturated heterocycles. The number of anilines is 1. The third kappa shape index (κ3) is 3.35. The van der Waals surface area contributed by atoms with Crippen LogP contribution >= 0.6 is 11.3 Å². The Balaban J connectivity index is 1.64. The van der Waals surface area contributed by atoms with Crippen molar-refractivity contribution in [3.63, 3.8) is 0 Å². The van der Waals surface area contributed by atoms with Crippen LogP contribution in [0.15, 0.2) is 46.2 Å². The summed E-state index contributed by atoms with van der Waals surface area (Å²) < 4.78 is 5.41. The normalized spacial score (nSPS) is 10.5. The molecule has 0 atom stereocenters. The zero-order valence-corrected chi connectivity index (χ0v) is 12.2. The van der Waals surface area contributed by atoms with Crippen molar-refractivity contribution < 1.29 is 9.21 Å². The van der Waals surface area contributed by atoms with Crippen LogP contribution in [-0.2, 0) is 11.2 Å². The second kappa shape index (κ2) is 5.88. The highest BCUT2D eigenvalue weighted by Gasteiger charge is 2.12. The molecule has 106 valence electrons. The first-order chi connectivity index (χ1) is 10.2. The molecular formula is C15H13N3O2S. The smallest absolute Gasteiger partial charge is 0.322 e. The highest BCUT2D eigenvalue weighted by molar-refractivity contribution is 7.13. The maximum atomic E-state index is 11.9. The summed E-state index contributed by atoms with van der Waals surface area (Å²) in [5, 5.41) is 12.3. The zero-order chi connectivity index (χ0) is 14.7. The lowest BCUT2D eigenvalue weighted by Crippen LogP contribution is -2.14. The van der Waals surface area contributed by atoms with Crippen LogP contribution in [0.3, 0.4) is 0 Å². The summed E-state index contributed by atoms with van der Waals surface area (Å²) in [7, 11) is 0. The molecule has 1 aromatic carbocycles. The van der Waals surface area contributed by atoms with Gasteiger partial charge >= 0.3 is 6.01 Å². The van der Waals surface area contributed by atoms with E-state index in [4.69, 9.17) is 4.42 Å². The van der Waals surface area contributed by atoms with E-state index in [1.807, 2.05) is 48.7 Å². The maximum absolute atomic E-state index is 11.9. The molecule has 3 rings (SSSR count). The number of thiophene rings is 1. The van der Waals surface area contributed by atoms with Gasteiger partial charge in [0.1, 0.15) is 0 Å². The van der Waals surface area contributed by atoms with E-state index in [0.717, 1.165) is 16.0 Å². The van der Waals surface area contributed by atoms with Gasteiger partial charge in [0.15, 0.2) is 0 Å². The van der Waals surface area contributed by atoms with Gasteiger partial charge in [-0.3, -0.25) is 10.1 Å². The quantitative estimate of drug-likeness (QED) is 0.802. The molecule has 0 radical (unpaired) electrons. The molecule has 0 fully saturated rings. The lowest BCUT2D eigenvalue weighted by molar-refractivity contribution is -0.115. The molecule has 1 amide bonds. The molecule has 3 aromatic rings. The summed E-state index contributed by atoms with van der Waals surface area (Å²) in [6.45, 7) is 2.01. The Labute approximate surface area is 125 Å². The van der Waals surface area contributed by atoms with Gasteiger partial charge in [0, 0.05) is 0 Å². The van der Waals surface area contributed by atoms with E-state index in [1.165, 1.54) is 11.3 Å². The number of hydrogen-bond donors (Lipinski definition) is 1. The molecule has 0 aliphatic heterocycles. The Morgan fingerprint density at radius 2 is 2.05 bits per heavy atom. The largest absolute Gasteiger partial charge is 0.402 e. The molecule has 2 heterocycles. The van der Waals surface area contributed by atoms with Crippen LogP contribution in [0.5, 0.6) is 0 Å². The fraction of sp³-hybridized carbons (Fsp3) is 0.133. The Morgan fingerprint density at radius 3 is 2.76 bits per heavy atom.